The van der Waals surface area contributed by atoms with Crippen molar-refractivity contribution in [1.82, 2.24) is 0 Å². The summed E-state index contributed by atoms with van der Waals surface area (Å²) in [6.45, 7) is 9.52. The first kappa shape index (κ1) is 39.6. The molecule has 0 spiro atoms. The van der Waals surface area contributed by atoms with Crippen LogP contribution in [-0.2, 0) is 10.8 Å². The maximum Gasteiger partial charge on any atom is 0.0546 e. The highest BCUT2D eigenvalue weighted by atomic mass is 15.1. The molecule has 10 aromatic rings. The van der Waals surface area contributed by atoms with Crippen LogP contribution in [0.2, 0.25) is 0 Å². The van der Waals surface area contributed by atoms with Gasteiger partial charge in [-0.1, -0.05) is 192 Å². The van der Waals surface area contributed by atoms with Gasteiger partial charge in [-0.25, -0.2) is 0 Å². The molecule has 2 heteroatoms. The van der Waals surface area contributed by atoms with Crippen LogP contribution in [0.25, 0.3) is 56.0 Å². The second-order valence-corrected chi connectivity index (χ2v) is 19.0. The second-order valence-electron chi connectivity index (χ2n) is 19.0. The Hall–Kier alpha value is -7.94. The van der Waals surface area contributed by atoms with E-state index in [1.165, 1.54) is 82.9 Å². The molecule has 0 unspecified atom stereocenters. The highest BCUT2D eigenvalue weighted by Crippen LogP contribution is 2.53. The topological polar surface area (TPSA) is 6.48 Å². The zero-order chi connectivity index (χ0) is 44.6. The van der Waals surface area contributed by atoms with E-state index in [0.29, 0.717) is 0 Å². The van der Waals surface area contributed by atoms with Crippen LogP contribution in [-0.4, -0.2) is 0 Å². The number of rotatable bonds is 8. The van der Waals surface area contributed by atoms with Crippen molar-refractivity contribution in [2.45, 2.75) is 38.5 Å². The number of hydrogen-bond donors (Lipinski definition) is 0. The maximum atomic E-state index is 2.45. The molecule has 10 aromatic carbocycles. The van der Waals surface area contributed by atoms with Crippen LogP contribution in [0.5, 0.6) is 0 Å². The maximum absolute atomic E-state index is 2.45. The van der Waals surface area contributed by atoms with E-state index in [9.17, 15) is 0 Å². The van der Waals surface area contributed by atoms with Crippen LogP contribution in [0.15, 0.2) is 218 Å². The second kappa shape index (κ2) is 15.4. The van der Waals surface area contributed by atoms with E-state index in [1.807, 2.05) is 0 Å². The van der Waals surface area contributed by atoms with Gasteiger partial charge >= 0.3 is 0 Å². The lowest BCUT2D eigenvalue weighted by Crippen LogP contribution is -2.17. The Morgan fingerprint density at radius 2 is 0.682 bits per heavy atom. The first-order valence-corrected chi connectivity index (χ1v) is 23.2. The Morgan fingerprint density at radius 1 is 0.303 bits per heavy atom. The minimum absolute atomic E-state index is 0.163. The standard InChI is InChI=1S/C64H50N2/c1-63(2)58-38-43(30-34-53(58)55-36-32-49(41-60(55)63)65(46-19-8-5-9-20-46)47-21-10-6-11-22-47)28-29-44-31-35-54-56-37-33-50(42-61(56)64(3,4)59(54)39-44)66(48-23-12-7-13-24-48)62-40-45-18-14-15-25-51(45)52-26-16-17-27-57(52)62/h5-42H,1-4H3/b29-28+. The molecule has 66 heavy (non-hydrogen) atoms. The van der Waals surface area contributed by atoms with Gasteiger partial charge in [0.25, 0.3) is 0 Å². The van der Waals surface area contributed by atoms with Gasteiger partial charge in [0.2, 0.25) is 0 Å². The zero-order valence-electron chi connectivity index (χ0n) is 37.8. The molecule has 0 heterocycles. The molecule has 0 aromatic heterocycles. The highest BCUT2D eigenvalue weighted by molar-refractivity contribution is 6.14. The van der Waals surface area contributed by atoms with Crippen molar-refractivity contribution >= 4 is 67.8 Å². The molecule has 0 aliphatic heterocycles. The molecule has 0 saturated carbocycles. The molecule has 2 aliphatic rings. The van der Waals surface area contributed by atoms with E-state index >= 15 is 0 Å². The van der Waals surface area contributed by atoms with Gasteiger partial charge in [0.1, 0.15) is 0 Å². The van der Waals surface area contributed by atoms with E-state index in [4.69, 9.17) is 0 Å². The Balaban J connectivity index is 0.861. The smallest absolute Gasteiger partial charge is 0.0546 e. The first-order valence-electron chi connectivity index (χ1n) is 23.2. The van der Waals surface area contributed by atoms with Gasteiger partial charge < -0.3 is 9.80 Å². The summed E-state index contributed by atoms with van der Waals surface area (Å²) in [6.07, 6.45) is 4.58. The Morgan fingerprint density at radius 3 is 1.18 bits per heavy atom. The monoisotopic (exact) mass is 846 g/mol. The summed E-state index contributed by atoms with van der Waals surface area (Å²) in [6, 6.07) is 80.2. The van der Waals surface area contributed by atoms with Crippen LogP contribution in [0.4, 0.5) is 34.1 Å². The molecule has 2 nitrogen and oxygen atoms in total. The number of nitrogens with zero attached hydrogens (tertiary/aromatic N) is 2. The van der Waals surface area contributed by atoms with Crippen molar-refractivity contribution in [1.29, 1.82) is 0 Å². The molecule has 0 N–H and O–H groups in total. The fraction of sp³-hybridized carbons (Fsp3) is 0.0938. The third kappa shape index (κ3) is 6.39. The normalized spacial score (nSPS) is 13.9. The predicted octanol–water partition coefficient (Wildman–Crippen LogP) is 17.7. The number of fused-ring (bicyclic) bond motifs is 9. The van der Waals surface area contributed by atoms with Crippen molar-refractivity contribution < 1.29 is 0 Å². The van der Waals surface area contributed by atoms with Gasteiger partial charge in [-0.05, 0) is 139 Å². The van der Waals surface area contributed by atoms with E-state index in [1.54, 1.807) is 0 Å². The molecular weight excluding hydrogens is 797 g/mol. The predicted molar refractivity (Wildman–Crippen MR) is 281 cm³/mol. The van der Waals surface area contributed by atoms with Crippen molar-refractivity contribution in [2.24, 2.45) is 0 Å². The van der Waals surface area contributed by atoms with Crippen molar-refractivity contribution in [3.63, 3.8) is 0 Å². The molecular formula is C64H50N2. The van der Waals surface area contributed by atoms with E-state index < -0.39 is 0 Å². The molecule has 2 aliphatic carbocycles. The van der Waals surface area contributed by atoms with Crippen molar-refractivity contribution in [3.8, 4) is 22.3 Å². The SMILES string of the molecule is CC1(C)c2cc(/C=C/c3ccc4c(c3)C(C)(C)c3cc(N(c5ccccc5)c5cc6ccccc6c6ccccc56)ccc3-4)ccc2-c2ccc(N(c3ccccc3)c3ccccc3)cc21. The first-order chi connectivity index (χ1) is 32.2. The molecule has 0 radical (unpaired) electrons. The summed E-state index contributed by atoms with van der Waals surface area (Å²) in [5.41, 5.74) is 19.7. The molecule has 0 bridgehead atoms. The summed E-state index contributed by atoms with van der Waals surface area (Å²) in [5.74, 6) is 0. The summed E-state index contributed by atoms with van der Waals surface area (Å²) >= 11 is 0. The Kier molecular flexibility index (Phi) is 9.22. The quantitative estimate of drug-likeness (QED) is 0.111. The van der Waals surface area contributed by atoms with Crippen LogP contribution in [0.1, 0.15) is 61.1 Å². The van der Waals surface area contributed by atoms with Crippen LogP contribution >= 0.6 is 0 Å². The van der Waals surface area contributed by atoms with Crippen LogP contribution in [0, 0.1) is 0 Å². The third-order valence-electron chi connectivity index (χ3n) is 14.4. The van der Waals surface area contributed by atoms with E-state index in [-0.39, 0.29) is 10.8 Å². The average molecular weight is 847 g/mol. The molecule has 316 valence electrons. The van der Waals surface area contributed by atoms with Gasteiger partial charge in [-0.2, -0.15) is 0 Å². The van der Waals surface area contributed by atoms with Gasteiger partial charge in [-0.15, -0.1) is 0 Å². The van der Waals surface area contributed by atoms with Crippen LogP contribution < -0.4 is 9.80 Å². The molecule has 0 atom stereocenters. The summed E-state index contributed by atoms with van der Waals surface area (Å²) in [5, 5.41) is 5.01. The molecule has 0 fully saturated rings. The van der Waals surface area contributed by atoms with E-state index in [0.717, 1.165) is 28.4 Å². The lowest BCUT2D eigenvalue weighted by molar-refractivity contribution is 0.660. The minimum Gasteiger partial charge on any atom is -0.310 e. The van der Waals surface area contributed by atoms with Crippen molar-refractivity contribution in [3.05, 3.63) is 252 Å². The average Bonchev–Trinajstić information content (AvgIpc) is 3.72. The number of para-hydroxylation sites is 3. The molecule has 0 saturated heterocycles. The van der Waals surface area contributed by atoms with Gasteiger partial charge in [0.05, 0.1) is 5.69 Å². The fourth-order valence-corrected chi connectivity index (χ4v) is 11.0. The number of anilines is 6. The highest BCUT2D eigenvalue weighted by Gasteiger charge is 2.38. The zero-order valence-corrected chi connectivity index (χ0v) is 37.8. The molecule has 0 amide bonds. The third-order valence-corrected chi connectivity index (χ3v) is 14.4. The Labute approximate surface area is 388 Å². The van der Waals surface area contributed by atoms with Gasteiger partial charge in [-0.3, -0.25) is 0 Å². The van der Waals surface area contributed by atoms with E-state index in [2.05, 4.69) is 268 Å². The lowest BCUT2D eigenvalue weighted by atomic mass is 9.81. The van der Waals surface area contributed by atoms with Gasteiger partial charge in [0.15, 0.2) is 0 Å². The van der Waals surface area contributed by atoms with Gasteiger partial charge in [0, 0.05) is 44.7 Å². The minimum atomic E-state index is -0.197. The Bertz CT molecular complexity index is 3490. The summed E-state index contributed by atoms with van der Waals surface area (Å²) in [7, 11) is 0. The number of benzene rings is 10. The molecule has 12 rings (SSSR count). The summed E-state index contributed by atoms with van der Waals surface area (Å²) < 4.78 is 0. The number of hydrogen-bond acceptors (Lipinski definition) is 2. The summed E-state index contributed by atoms with van der Waals surface area (Å²) in [4.78, 5) is 4.80. The largest absolute Gasteiger partial charge is 0.310 e. The van der Waals surface area contributed by atoms with Crippen molar-refractivity contribution in [2.75, 3.05) is 9.80 Å². The lowest BCUT2D eigenvalue weighted by Gasteiger charge is -2.29. The van der Waals surface area contributed by atoms with Crippen LogP contribution in [0.3, 0.4) is 0 Å². The fourth-order valence-electron chi connectivity index (χ4n) is 11.0.